The van der Waals surface area contributed by atoms with Gasteiger partial charge in [-0.3, -0.25) is 9.48 Å². The van der Waals surface area contributed by atoms with Crippen LogP contribution in [0.1, 0.15) is 22.1 Å². The van der Waals surface area contributed by atoms with Gasteiger partial charge in [0.15, 0.2) is 0 Å². The summed E-state index contributed by atoms with van der Waals surface area (Å²) >= 11 is 6.09. The Labute approximate surface area is 168 Å². The lowest BCUT2D eigenvalue weighted by Crippen LogP contribution is -2.51. The second-order valence-corrected chi connectivity index (χ2v) is 7.91. The van der Waals surface area contributed by atoms with Crippen molar-refractivity contribution in [2.24, 2.45) is 7.05 Å². The zero-order chi connectivity index (χ0) is 19.8. The van der Waals surface area contributed by atoms with Gasteiger partial charge >= 0.3 is 0 Å². The van der Waals surface area contributed by atoms with Crippen LogP contribution in [-0.2, 0) is 11.8 Å². The van der Waals surface area contributed by atoms with E-state index in [9.17, 15) is 4.79 Å². The average molecular weight is 402 g/mol. The van der Waals surface area contributed by atoms with Gasteiger partial charge in [-0.2, -0.15) is 5.10 Å². The summed E-state index contributed by atoms with van der Waals surface area (Å²) in [5, 5.41) is 5.88. The minimum Gasteiger partial charge on any atom is -0.373 e. The number of rotatable bonds is 4. The van der Waals surface area contributed by atoms with E-state index in [0.717, 1.165) is 16.5 Å². The Bertz CT molecular complexity index is 996. The van der Waals surface area contributed by atoms with E-state index in [0.29, 0.717) is 30.4 Å². The zero-order valence-electron chi connectivity index (χ0n) is 16.2. The lowest BCUT2D eigenvalue weighted by molar-refractivity contribution is -0.0686. The van der Waals surface area contributed by atoms with E-state index < -0.39 is 0 Å². The number of fused-ring (bicyclic) bond motifs is 1. The molecule has 148 valence electrons. The third-order valence-corrected chi connectivity index (χ3v) is 5.27. The van der Waals surface area contributed by atoms with Crippen LogP contribution in [0.4, 0.5) is 0 Å². The molecule has 2 aromatic heterocycles. The number of hydrogen-bond donors (Lipinski definition) is 1. The average Bonchev–Trinajstić information content (AvgIpc) is 3.26. The highest BCUT2D eigenvalue weighted by Gasteiger charge is 2.38. The molecule has 0 bridgehead atoms. The smallest absolute Gasteiger partial charge is 0.270 e. The van der Waals surface area contributed by atoms with Crippen molar-refractivity contribution < 1.29 is 9.53 Å². The molecule has 1 saturated heterocycles. The molecule has 0 unspecified atom stereocenters. The predicted octanol–water partition coefficient (Wildman–Crippen LogP) is 2.70. The molecule has 0 aliphatic carbocycles. The van der Waals surface area contributed by atoms with Gasteiger partial charge in [-0.25, -0.2) is 0 Å². The van der Waals surface area contributed by atoms with E-state index >= 15 is 0 Å². The number of morpholine rings is 1. The summed E-state index contributed by atoms with van der Waals surface area (Å²) in [6, 6.07) is 7.22. The Morgan fingerprint density at radius 3 is 2.93 bits per heavy atom. The summed E-state index contributed by atoms with van der Waals surface area (Å²) in [5.41, 5.74) is 2.42. The SMILES string of the molecule is CN(C)C[C@@H]1OCCN(C(=O)c2cc3cc(Cl)ccc3[nH]2)[C@H]1c1cnn(C)c1. The highest BCUT2D eigenvalue weighted by Crippen LogP contribution is 2.32. The number of halogens is 1. The number of nitrogens with zero attached hydrogens (tertiary/aromatic N) is 4. The Balaban J connectivity index is 1.70. The monoisotopic (exact) mass is 401 g/mol. The standard InChI is InChI=1S/C20H24ClN5O2/c1-24(2)12-18-19(14-10-22-25(3)11-14)26(6-7-28-18)20(27)17-9-13-8-15(21)4-5-16(13)23-17/h4-5,8-11,18-19,23H,6-7,12H2,1-3H3/t18-,19-/m0/s1. The number of aromatic amines is 1. The van der Waals surface area contributed by atoms with E-state index in [1.165, 1.54) is 0 Å². The first-order valence-corrected chi connectivity index (χ1v) is 9.64. The van der Waals surface area contributed by atoms with Gasteiger partial charge in [-0.05, 0) is 38.4 Å². The Hall–Kier alpha value is -2.35. The molecule has 0 spiro atoms. The van der Waals surface area contributed by atoms with Gasteiger partial charge < -0.3 is 19.5 Å². The summed E-state index contributed by atoms with van der Waals surface area (Å²) in [4.78, 5) is 20.6. The first-order chi connectivity index (χ1) is 13.4. The van der Waals surface area contributed by atoms with Crippen molar-refractivity contribution in [1.29, 1.82) is 0 Å². The minimum absolute atomic E-state index is 0.0479. The van der Waals surface area contributed by atoms with Gasteiger partial charge in [-0.1, -0.05) is 11.6 Å². The molecule has 3 heterocycles. The highest BCUT2D eigenvalue weighted by molar-refractivity contribution is 6.31. The second-order valence-electron chi connectivity index (χ2n) is 7.48. The molecule has 1 fully saturated rings. The summed E-state index contributed by atoms with van der Waals surface area (Å²) < 4.78 is 7.81. The molecule has 4 rings (SSSR count). The minimum atomic E-state index is -0.202. The number of H-pyrrole nitrogens is 1. The third kappa shape index (κ3) is 3.65. The molecule has 1 aliphatic rings. The number of amides is 1. The van der Waals surface area contributed by atoms with Crippen LogP contribution in [0.15, 0.2) is 36.7 Å². The fraction of sp³-hybridized carbons (Fsp3) is 0.400. The van der Waals surface area contributed by atoms with E-state index in [2.05, 4.69) is 15.0 Å². The van der Waals surface area contributed by atoms with Gasteiger partial charge in [0.05, 0.1) is 24.9 Å². The summed E-state index contributed by atoms with van der Waals surface area (Å²) in [5.74, 6) is -0.0479. The number of aromatic nitrogens is 3. The van der Waals surface area contributed by atoms with Crippen LogP contribution < -0.4 is 0 Å². The highest BCUT2D eigenvalue weighted by atomic mass is 35.5. The van der Waals surface area contributed by atoms with Crippen LogP contribution in [0.25, 0.3) is 10.9 Å². The first-order valence-electron chi connectivity index (χ1n) is 9.26. The molecule has 28 heavy (non-hydrogen) atoms. The van der Waals surface area contributed by atoms with Crippen LogP contribution >= 0.6 is 11.6 Å². The molecular formula is C20H24ClN5O2. The van der Waals surface area contributed by atoms with Crippen LogP contribution in [0.5, 0.6) is 0 Å². The number of hydrogen-bond acceptors (Lipinski definition) is 4. The molecule has 1 aliphatic heterocycles. The normalized spacial score (nSPS) is 20.2. The van der Waals surface area contributed by atoms with Crippen LogP contribution in [0.2, 0.25) is 5.02 Å². The Morgan fingerprint density at radius 2 is 2.21 bits per heavy atom. The molecule has 2 atom stereocenters. The Kier molecular flexibility index (Phi) is 5.14. The third-order valence-electron chi connectivity index (χ3n) is 5.04. The van der Waals surface area contributed by atoms with Gasteiger partial charge in [0.2, 0.25) is 0 Å². The van der Waals surface area contributed by atoms with Crippen LogP contribution in [-0.4, -0.2) is 70.4 Å². The maximum atomic E-state index is 13.4. The fourth-order valence-corrected chi connectivity index (χ4v) is 4.02. The van der Waals surface area contributed by atoms with E-state index in [-0.39, 0.29) is 18.1 Å². The number of carbonyl (C=O) groups excluding carboxylic acids is 1. The largest absolute Gasteiger partial charge is 0.373 e. The van der Waals surface area contributed by atoms with Crippen molar-refractivity contribution in [1.82, 2.24) is 24.6 Å². The first kappa shape index (κ1) is 19.0. The number of likely N-dealkylation sites (N-methyl/N-ethyl adjacent to an activating group) is 1. The van der Waals surface area contributed by atoms with Gasteiger partial charge in [0, 0.05) is 47.8 Å². The maximum absolute atomic E-state index is 13.4. The lowest BCUT2D eigenvalue weighted by Gasteiger charge is -2.41. The number of ether oxygens (including phenoxy) is 1. The van der Waals surface area contributed by atoms with Gasteiger partial charge in [0.25, 0.3) is 5.91 Å². The summed E-state index contributed by atoms with van der Waals surface area (Å²) in [7, 11) is 5.89. The van der Waals surface area contributed by atoms with Gasteiger partial charge in [0.1, 0.15) is 5.69 Å². The second kappa shape index (κ2) is 7.58. The fourth-order valence-electron chi connectivity index (χ4n) is 3.83. The lowest BCUT2D eigenvalue weighted by atomic mass is 10.00. The van der Waals surface area contributed by atoms with E-state index in [1.807, 2.05) is 62.7 Å². The van der Waals surface area contributed by atoms with Crippen molar-refractivity contribution in [2.45, 2.75) is 12.1 Å². The quantitative estimate of drug-likeness (QED) is 0.730. The van der Waals surface area contributed by atoms with Crippen molar-refractivity contribution in [2.75, 3.05) is 33.8 Å². The van der Waals surface area contributed by atoms with Crippen LogP contribution in [0, 0.1) is 0 Å². The number of carbonyl (C=O) groups is 1. The molecule has 1 amide bonds. The summed E-state index contributed by atoms with van der Waals surface area (Å²) in [6.07, 6.45) is 3.64. The topological polar surface area (TPSA) is 66.4 Å². The number of benzene rings is 1. The van der Waals surface area contributed by atoms with Crippen LogP contribution in [0.3, 0.4) is 0 Å². The van der Waals surface area contributed by atoms with E-state index in [4.69, 9.17) is 16.3 Å². The van der Waals surface area contributed by atoms with Crippen molar-refractivity contribution in [3.8, 4) is 0 Å². The maximum Gasteiger partial charge on any atom is 0.270 e. The molecule has 7 nitrogen and oxygen atoms in total. The van der Waals surface area contributed by atoms with Crippen molar-refractivity contribution in [3.05, 3.63) is 52.9 Å². The number of aryl methyl sites for hydroxylation is 1. The van der Waals surface area contributed by atoms with E-state index in [1.54, 1.807) is 4.68 Å². The number of nitrogens with one attached hydrogen (secondary N) is 1. The molecular weight excluding hydrogens is 378 g/mol. The molecule has 8 heteroatoms. The predicted molar refractivity (Wildman–Crippen MR) is 109 cm³/mol. The summed E-state index contributed by atoms with van der Waals surface area (Å²) in [6.45, 7) is 1.75. The van der Waals surface area contributed by atoms with Crippen molar-refractivity contribution in [3.63, 3.8) is 0 Å². The molecule has 3 aromatic rings. The molecule has 1 aromatic carbocycles. The van der Waals surface area contributed by atoms with Crippen molar-refractivity contribution >= 4 is 28.4 Å². The Morgan fingerprint density at radius 1 is 1.39 bits per heavy atom. The van der Waals surface area contributed by atoms with Gasteiger partial charge in [-0.15, -0.1) is 0 Å². The molecule has 1 N–H and O–H groups in total. The zero-order valence-corrected chi connectivity index (χ0v) is 17.0. The molecule has 0 radical (unpaired) electrons. The molecule has 0 saturated carbocycles.